The highest BCUT2D eigenvalue weighted by Gasteiger charge is 2.54. The highest BCUT2D eigenvalue weighted by Crippen LogP contribution is 2.59. The molecule has 0 fully saturated rings. The van der Waals surface area contributed by atoms with Crippen LogP contribution < -0.4 is 15.4 Å². The molecule has 0 saturated heterocycles. The number of phenols is 1. The first-order chi connectivity index (χ1) is 18.0. The van der Waals surface area contributed by atoms with Crippen molar-refractivity contribution < 1.29 is 19.4 Å². The van der Waals surface area contributed by atoms with Crippen molar-refractivity contribution in [1.29, 1.82) is 0 Å². The van der Waals surface area contributed by atoms with Crippen LogP contribution in [0.3, 0.4) is 0 Å². The maximum absolute atomic E-state index is 13.2. The van der Waals surface area contributed by atoms with Gasteiger partial charge in [0.15, 0.2) is 17.1 Å². The maximum atomic E-state index is 13.2. The van der Waals surface area contributed by atoms with Crippen LogP contribution in [0.25, 0.3) is 0 Å². The van der Waals surface area contributed by atoms with Gasteiger partial charge in [-0.2, -0.15) is 0 Å². The van der Waals surface area contributed by atoms with Gasteiger partial charge in [-0.05, 0) is 61.4 Å². The van der Waals surface area contributed by atoms with Gasteiger partial charge in [-0.1, -0.05) is 49.7 Å². The Labute approximate surface area is 215 Å². The van der Waals surface area contributed by atoms with Crippen LogP contribution in [0.2, 0.25) is 0 Å². The Balaban J connectivity index is 1.56. The lowest BCUT2D eigenvalue weighted by molar-refractivity contribution is 0.0223. The lowest BCUT2D eigenvalue weighted by atomic mass is 9.77. The Bertz CT molecular complexity index is 1520. The largest absolute Gasteiger partial charge is 0.503 e. The molecule has 1 atom stereocenters. The summed E-state index contributed by atoms with van der Waals surface area (Å²) in [6, 6.07) is 24.9. The molecule has 6 heteroatoms. The van der Waals surface area contributed by atoms with Crippen molar-refractivity contribution in [1.82, 2.24) is 0 Å². The SMILES string of the molecule is CCCCNc1ccc2c(c1O)Oc1cc(C)c(Nc3ccccc3)cc1C21OC(=O)c2ccccc21. The van der Waals surface area contributed by atoms with Crippen molar-refractivity contribution in [2.24, 2.45) is 0 Å². The zero-order valence-corrected chi connectivity index (χ0v) is 20.8. The molecule has 2 aliphatic rings. The number of phenolic OH excluding ortho intramolecular Hbond substituents is 1. The van der Waals surface area contributed by atoms with Crippen molar-refractivity contribution >= 4 is 23.0 Å². The van der Waals surface area contributed by atoms with E-state index in [-0.39, 0.29) is 5.75 Å². The van der Waals surface area contributed by atoms with Crippen LogP contribution in [0, 0.1) is 6.92 Å². The Kier molecular flexibility index (Phi) is 5.52. The third-order valence-electron chi connectivity index (χ3n) is 7.10. The summed E-state index contributed by atoms with van der Waals surface area (Å²) in [5.41, 5.74) is 4.63. The minimum absolute atomic E-state index is 0.00296. The van der Waals surface area contributed by atoms with E-state index >= 15 is 0 Å². The first-order valence-corrected chi connectivity index (χ1v) is 12.6. The van der Waals surface area contributed by atoms with Crippen LogP contribution in [-0.4, -0.2) is 17.6 Å². The molecule has 4 aromatic carbocycles. The molecular weight excluding hydrogens is 464 g/mol. The molecule has 0 aliphatic carbocycles. The molecule has 6 nitrogen and oxygen atoms in total. The van der Waals surface area contributed by atoms with Gasteiger partial charge in [-0.3, -0.25) is 0 Å². The van der Waals surface area contributed by atoms with E-state index in [2.05, 4.69) is 17.6 Å². The summed E-state index contributed by atoms with van der Waals surface area (Å²) in [6.07, 6.45) is 2.02. The molecule has 0 amide bonds. The predicted octanol–water partition coefficient (Wildman–Crippen LogP) is 7.22. The number of hydrogen-bond donors (Lipinski definition) is 3. The number of ether oxygens (including phenoxy) is 2. The number of unbranched alkanes of at least 4 members (excludes halogenated alkanes) is 1. The number of benzene rings is 4. The average molecular weight is 493 g/mol. The number of aromatic hydroxyl groups is 1. The monoisotopic (exact) mass is 492 g/mol. The first kappa shape index (κ1) is 23.0. The van der Waals surface area contributed by atoms with Gasteiger partial charge in [0.1, 0.15) is 5.75 Å². The quantitative estimate of drug-likeness (QED) is 0.150. The van der Waals surface area contributed by atoms with E-state index in [1.807, 2.05) is 79.7 Å². The molecule has 0 radical (unpaired) electrons. The van der Waals surface area contributed by atoms with Crippen molar-refractivity contribution in [3.05, 3.63) is 107 Å². The lowest BCUT2D eigenvalue weighted by Crippen LogP contribution is -2.33. The molecule has 2 aliphatic heterocycles. The number of aryl methyl sites for hydroxylation is 1. The molecule has 0 bridgehead atoms. The van der Waals surface area contributed by atoms with Gasteiger partial charge in [-0.15, -0.1) is 0 Å². The third kappa shape index (κ3) is 3.59. The number of esters is 1. The summed E-state index contributed by atoms with van der Waals surface area (Å²) < 4.78 is 12.6. The van der Waals surface area contributed by atoms with Crippen molar-refractivity contribution in [2.45, 2.75) is 32.3 Å². The summed E-state index contributed by atoms with van der Waals surface area (Å²) in [5.74, 6) is 0.427. The number of carbonyl (C=O) groups excluding carboxylic acids is 1. The van der Waals surface area contributed by atoms with Gasteiger partial charge < -0.3 is 25.2 Å². The predicted molar refractivity (Wildman–Crippen MR) is 144 cm³/mol. The molecule has 2 heterocycles. The number of rotatable bonds is 6. The molecule has 4 aromatic rings. The van der Waals surface area contributed by atoms with E-state index < -0.39 is 11.6 Å². The van der Waals surface area contributed by atoms with E-state index in [9.17, 15) is 9.90 Å². The zero-order chi connectivity index (χ0) is 25.6. The van der Waals surface area contributed by atoms with Crippen LogP contribution >= 0.6 is 0 Å². The first-order valence-electron chi connectivity index (χ1n) is 12.6. The number of fused-ring (bicyclic) bond motifs is 6. The van der Waals surface area contributed by atoms with Crippen molar-refractivity contribution in [3.8, 4) is 17.2 Å². The second kappa shape index (κ2) is 8.89. The third-order valence-corrected chi connectivity index (χ3v) is 7.10. The van der Waals surface area contributed by atoms with Crippen molar-refractivity contribution in [3.63, 3.8) is 0 Å². The van der Waals surface area contributed by atoms with Gasteiger partial charge in [0, 0.05) is 29.0 Å². The molecule has 1 spiro atoms. The standard InChI is InChI=1S/C31H28N2O4/c1-3-4-16-32-25-15-14-23-29(28(25)34)36-27-17-19(2)26(33-20-10-6-5-7-11-20)18-24(27)31(23)22-13-9-8-12-21(22)30(35)37-31/h5-15,17-18,32-34H,3-4,16H2,1-2H3. The second-order valence-electron chi connectivity index (χ2n) is 9.49. The molecule has 0 aromatic heterocycles. The topological polar surface area (TPSA) is 79.8 Å². The van der Waals surface area contributed by atoms with E-state index in [1.165, 1.54) is 0 Å². The van der Waals surface area contributed by atoms with Crippen LogP contribution in [0.15, 0.2) is 78.9 Å². The summed E-state index contributed by atoms with van der Waals surface area (Å²) in [5, 5.41) is 18.1. The summed E-state index contributed by atoms with van der Waals surface area (Å²) in [7, 11) is 0. The van der Waals surface area contributed by atoms with Crippen molar-refractivity contribution in [2.75, 3.05) is 17.2 Å². The second-order valence-corrected chi connectivity index (χ2v) is 9.49. The molecule has 3 N–H and O–H groups in total. The Morgan fingerprint density at radius 1 is 0.892 bits per heavy atom. The summed E-state index contributed by atoms with van der Waals surface area (Å²) in [6.45, 7) is 4.84. The Morgan fingerprint density at radius 2 is 1.68 bits per heavy atom. The minimum Gasteiger partial charge on any atom is -0.503 e. The minimum atomic E-state index is -1.25. The van der Waals surface area contributed by atoms with Gasteiger partial charge in [0.05, 0.1) is 16.8 Å². The van der Waals surface area contributed by atoms with Gasteiger partial charge >= 0.3 is 5.97 Å². The maximum Gasteiger partial charge on any atom is 0.340 e. The Hall–Kier alpha value is -4.45. The smallest absolute Gasteiger partial charge is 0.340 e. The van der Waals surface area contributed by atoms with E-state index in [1.54, 1.807) is 6.07 Å². The highest BCUT2D eigenvalue weighted by atomic mass is 16.6. The average Bonchev–Trinajstić information content (AvgIpc) is 3.20. The zero-order valence-electron chi connectivity index (χ0n) is 20.8. The fourth-order valence-electron chi connectivity index (χ4n) is 5.22. The normalized spacial score (nSPS) is 16.9. The van der Waals surface area contributed by atoms with Gasteiger partial charge in [-0.25, -0.2) is 4.79 Å². The Morgan fingerprint density at radius 3 is 2.49 bits per heavy atom. The number of anilines is 3. The molecule has 186 valence electrons. The van der Waals surface area contributed by atoms with E-state index in [0.29, 0.717) is 33.9 Å². The number of para-hydroxylation sites is 1. The van der Waals surface area contributed by atoms with Crippen LogP contribution in [0.4, 0.5) is 17.1 Å². The number of carbonyl (C=O) groups is 1. The van der Waals surface area contributed by atoms with Crippen LogP contribution in [0.1, 0.15) is 52.4 Å². The number of nitrogens with one attached hydrogen (secondary N) is 2. The lowest BCUT2D eigenvalue weighted by Gasteiger charge is -2.37. The summed E-state index contributed by atoms with van der Waals surface area (Å²) in [4.78, 5) is 13.2. The van der Waals surface area contributed by atoms with Crippen LogP contribution in [0.5, 0.6) is 17.2 Å². The molecule has 37 heavy (non-hydrogen) atoms. The van der Waals surface area contributed by atoms with Gasteiger partial charge in [0.2, 0.25) is 0 Å². The number of hydrogen-bond acceptors (Lipinski definition) is 6. The van der Waals surface area contributed by atoms with E-state index in [0.717, 1.165) is 41.9 Å². The summed E-state index contributed by atoms with van der Waals surface area (Å²) >= 11 is 0. The fourth-order valence-corrected chi connectivity index (χ4v) is 5.22. The van der Waals surface area contributed by atoms with Gasteiger partial charge in [0.25, 0.3) is 0 Å². The molecule has 1 unspecified atom stereocenters. The highest BCUT2D eigenvalue weighted by molar-refractivity contribution is 5.97. The molecular formula is C31H28N2O4. The molecule has 6 rings (SSSR count). The molecule has 0 saturated carbocycles. The van der Waals surface area contributed by atoms with E-state index in [4.69, 9.17) is 9.47 Å². The fraction of sp³-hybridized carbons (Fsp3) is 0.194. The van der Waals surface area contributed by atoms with Crippen LogP contribution in [-0.2, 0) is 10.3 Å².